The number of carbonyl (C=O) groups excluding carboxylic acids is 2. The lowest BCUT2D eigenvalue weighted by Crippen LogP contribution is -2.21. The minimum Gasteiger partial charge on any atom is -0.487 e. The van der Waals surface area contributed by atoms with Gasteiger partial charge in [0, 0.05) is 25.2 Å². The van der Waals surface area contributed by atoms with Gasteiger partial charge in [0.25, 0.3) is 5.91 Å². The molecule has 0 atom stereocenters. The molecule has 1 amide bonds. The van der Waals surface area contributed by atoms with Crippen molar-refractivity contribution in [3.63, 3.8) is 0 Å². The molecule has 2 rings (SSSR count). The van der Waals surface area contributed by atoms with E-state index in [1.165, 1.54) is 10.5 Å². The molecule has 0 unspecified atom stereocenters. The summed E-state index contributed by atoms with van der Waals surface area (Å²) in [5.41, 5.74) is 3.15. The molecule has 0 saturated carbocycles. The van der Waals surface area contributed by atoms with E-state index in [-0.39, 0.29) is 29.0 Å². The normalized spacial score (nSPS) is 12.1. The highest BCUT2D eigenvalue weighted by Crippen LogP contribution is 2.24. The zero-order valence-electron chi connectivity index (χ0n) is 18.4. The summed E-state index contributed by atoms with van der Waals surface area (Å²) in [7, 11) is 3.40. The summed E-state index contributed by atoms with van der Waals surface area (Å²) in [6.45, 7) is 10.3. The highest BCUT2D eigenvalue weighted by molar-refractivity contribution is 6.10. The first kappa shape index (κ1) is 22.4. The number of allylic oxidation sites excluding steroid dienone is 1. The van der Waals surface area contributed by atoms with Gasteiger partial charge in [-0.2, -0.15) is 0 Å². The highest BCUT2D eigenvalue weighted by atomic mass is 16.5. The first-order valence-electron chi connectivity index (χ1n) is 9.84. The predicted octanol–water partition coefficient (Wildman–Crippen LogP) is 5.33. The summed E-state index contributed by atoms with van der Waals surface area (Å²) in [5.74, 6) is -0.0151. The molecular weight excluding hydrogens is 362 g/mol. The molecule has 0 aromatic heterocycles. The second kappa shape index (κ2) is 9.08. The molecule has 0 aliphatic carbocycles. The smallest absolute Gasteiger partial charge is 0.253 e. The van der Waals surface area contributed by atoms with Gasteiger partial charge in [-0.25, -0.2) is 0 Å². The third kappa shape index (κ3) is 6.05. The Morgan fingerprint density at radius 3 is 2.07 bits per heavy atom. The molecule has 29 heavy (non-hydrogen) atoms. The molecule has 0 bridgehead atoms. The Labute approximate surface area is 174 Å². The van der Waals surface area contributed by atoms with Gasteiger partial charge in [-0.1, -0.05) is 57.2 Å². The number of carbonyl (C=O) groups is 2. The highest BCUT2D eigenvalue weighted by Gasteiger charge is 2.18. The average molecular weight is 394 g/mol. The fourth-order valence-electron chi connectivity index (χ4n) is 2.82. The maximum Gasteiger partial charge on any atom is 0.253 e. The van der Waals surface area contributed by atoms with Gasteiger partial charge in [0.2, 0.25) is 5.78 Å². The molecule has 4 nitrogen and oxygen atoms in total. The largest absolute Gasteiger partial charge is 0.487 e. The fourth-order valence-corrected chi connectivity index (χ4v) is 2.82. The summed E-state index contributed by atoms with van der Waals surface area (Å²) in [6, 6.07) is 14.8. The monoisotopic (exact) mass is 393 g/mol. The standard InChI is InChI=1S/C25H31NO3/c1-17(2)29-22(16-18-9-8-10-21(15-18)25(3,4)5)23(27)19-11-13-20(14-12-19)24(28)26(6)7/h8-17H,1-7H3. The van der Waals surface area contributed by atoms with E-state index in [1.54, 1.807) is 44.4 Å². The van der Waals surface area contributed by atoms with Crippen molar-refractivity contribution in [2.75, 3.05) is 14.1 Å². The van der Waals surface area contributed by atoms with Gasteiger partial charge in [-0.15, -0.1) is 0 Å². The molecule has 0 N–H and O–H groups in total. The number of benzene rings is 2. The van der Waals surface area contributed by atoms with Gasteiger partial charge in [-0.3, -0.25) is 9.59 Å². The van der Waals surface area contributed by atoms with Crippen LogP contribution < -0.4 is 0 Å². The molecular formula is C25H31NO3. The van der Waals surface area contributed by atoms with E-state index in [1.807, 2.05) is 26.0 Å². The van der Waals surface area contributed by atoms with Crippen molar-refractivity contribution in [2.24, 2.45) is 0 Å². The molecule has 4 heteroatoms. The minimum atomic E-state index is -0.205. The Hall–Kier alpha value is -2.88. The van der Waals surface area contributed by atoms with Crippen LogP contribution in [0.2, 0.25) is 0 Å². The van der Waals surface area contributed by atoms with Crippen molar-refractivity contribution in [2.45, 2.75) is 46.1 Å². The molecule has 0 saturated heterocycles. The Morgan fingerprint density at radius 2 is 1.55 bits per heavy atom. The van der Waals surface area contributed by atoms with Crippen LogP contribution in [0, 0.1) is 0 Å². The molecule has 154 valence electrons. The van der Waals surface area contributed by atoms with Crippen LogP contribution in [0.5, 0.6) is 0 Å². The van der Waals surface area contributed by atoms with Crippen LogP contribution in [-0.2, 0) is 10.2 Å². The van der Waals surface area contributed by atoms with Crippen molar-refractivity contribution in [3.05, 3.63) is 76.5 Å². The number of hydrogen-bond acceptors (Lipinski definition) is 3. The average Bonchev–Trinajstić information content (AvgIpc) is 2.65. The lowest BCUT2D eigenvalue weighted by atomic mass is 9.86. The molecule has 2 aromatic rings. The van der Waals surface area contributed by atoms with E-state index < -0.39 is 0 Å². The number of Topliss-reactive ketones (excluding diaryl/α,β-unsaturated/α-hetero) is 1. The fraction of sp³-hybridized carbons (Fsp3) is 0.360. The van der Waals surface area contributed by atoms with E-state index in [0.29, 0.717) is 11.1 Å². The van der Waals surface area contributed by atoms with Crippen molar-refractivity contribution < 1.29 is 14.3 Å². The van der Waals surface area contributed by atoms with E-state index in [0.717, 1.165) is 5.56 Å². The number of rotatable bonds is 6. The van der Waals surface area contributed by atoms with Gasteiger partial charge in [0.15, 0.2) is 5.76 Å². The van der Waals surface area contributed by atoms with Gasteiger partial charge >= 0.3 is 0 Å². The lowest BCUT2D eigenvalue weighted by molar-refractivity contribution is 0.0824. The van der Waals surface area contributed by atoms with Crippen LogP contribution in [0.3, 0.4) is 0 Å². The first-order valence-corrected chi connectivity index (χ1v) is 9.84. The Morgan fingerprint density at radius 1 is 0.966 bits per heavy atom. The molecule has 0 radical (unpaired) electrons. The predicted molar refractivity (Wildman–Crippen MR) is 118 cm³/mol. The van der Waals surface area contributed by atoms with E-state index in [2.05, 4.69) is 32.9 Å². The van der Waals surface area contributed by atoms with E-state index >= 15 is 0 Å². The van der Waals surface area contributed by atoms with E-state index in [9.17, 15) is 9.59 Å². The summed E-state index contributed by atoms with van der Waals surface area (Å²) in [4.78, 5) is 26.7. The van der Waals surface area contributed by atoms with Crippen molar-refractivity contribution in [1.82, 2.24) is 4.90 Å². The summed E-state index contributed by atoms with van der Waals surface area (Å²) < 4.78 is 5.85. The van der Waals surface area contributed by atoms with Crippen LogP contribution in [0.25, 0.3) is 6.08 Å². The number of nitrogens with zero attached hydrogens (tertiary/aromatic N) is 1. The number of hydrogen-bond donors (Lipinski definition) is 0. The molecule has 2 aromatic carbocycles. The second-order valence-corrected chi connectivity index (χ2v) is 8.66. The molecule has 0 spiro atoms. The number of amides is 1. The van der Waals surface area contributed by atoms with Crippen molar-refractivity contribution >= 4 is 17.8 Å². The van der Waals surface area contributed by atoms with Crippen molar-refractivity contribution in [1.29, 1.82) is 0 Å². The summed E-state index contributed by atoms with van der Waals surface area (Å²) >= 11 is 0. The Balaban J connectivity index is 2.38. The maximum absolute atomic E-state index is 13.1. The van der Waals surface area contributed by atoms with Crippen LogP contribution in [0.4, 0.5) is 0 Å². The van der Waals surface area contributed by atoms with Crippen molar-refractivity contribution in [3.8, 4) is 0 Å². The lowest BCUT2D eigenvalue weighted by Gasteiger charge is -2.19. The van der Waals surface area contributed by atoms with Gasteiger partial charge < -0.3 is 9.64 Å². The number of ether oxygens (including phenoxy) is 1. The zero-order valence-corrected chi connectivity index (χ0v) is 18.4. The summed E-state index contributed by atoms with van der Waals surface area (Å²) in [6.07, 6.45) is 1.65. The van der Waals surface area contributed by atoms with Gasteiger partial charge in [0.05, 0.1) is 6.10 Å². The third-order valence-electron chi connectivity index (χ3n) is 4.44. The SMILES string of the molecule is CC(C)OC(=Cc1cccc(C(C)(C)C)c1)C(=O)c1ccc(C(=O)N(C)C)cc1. The van der Waals surface area contributed by atoms with Crippen LogP contribution >= 0.6 is 0 Å². The van der Waals surface area contributed by atoms with Crippen LogP contribution in [-0.4, -0.2) is 36.8 Å². The minimum absolute atomic E-state index is 0.0156. The van der Waals surface area contributed by atoms with E-state index in [4.69, 9.17) is 4.74 Å². The maximum atomic E-state index is 13.1. The third-order valence-corrected chi connectivity index (χ3v) is 4.44. The zero-order chi connectivity index (χ0) is 21.8. The number of ketones is 1. The quantitative estimate of drug-likeness (QED) is 0.378. The topological polar surface area (TPSA) is 46.6 Å². The van der Waals surface area contributed by atoms with Gasteiger partial charge in [0.1, 0.15) is 0 Å². The second-order valence-electron chi connectivity index (χ2n) is 8.66. The Kier molecular flexibility index (Phi) is 7.02. The van der Waals surface area contributed by atoms with Gasteiger partial charge in [-0.05, 0) is 48.6 Å². The molecule has 0 fully saturated rings. The first-order chi connectivity index (χ1) is 13.5. The molecule has 0 heterocycles. The van der Waals surface area contributed by atoms with Crippen LogP contribution in [0.1, 0.15) is 66.5 Å². The van der Waals surface area contributed by atoms with Crippen LogP contribution in [0.15, 0.2) is 54.3 Å². The Bertz CT molecular complexity index is 900. The summed E-state index contributed by atoms with van der Waals surface area (Å²) in [5, 5.41) is 0. The molecule has 0 aliphatic heterocycles. The molecule has 0 aliphatic rings.